The van der Waals surface area contributed by atoms with Gasteiger partial charge in [0.1, 0.15) is 17.6 Å². The van der Waals surface area contributed by atoms with Gasteiger partial charge < -0.3 is 0 Å². The molecule has 0 spiro atoms. The number of halogens is 1. The van der Waals surface area contributed by atoms with Crippen LogP contribution in [-0.4, -0.2) is 11.6 Å². The Morgan fingerprint density at radius 2 is 1.46 bits per heavy atom. The lowest BCUT2D eigenvalue weighted by atomic mass is 10.0. The van der Waals surface area contributed by atoms with E-state index in [4.69, 9.17) is 22.1 Å². The van der Waals surface area contributed by atoms with Gasteiger partial charge in [0.2, 0.25) is 0 Å². The standard InChI is InChI=1S/C19H13ClN2O2/c20-19-9-15(5-6-16(19)12-22)8-18(24)10-17(23)7-13-1-3-14(11-21)4-2-13/h1-6,9H,7-8,10H2. The Labute approximate surface area is 144 Å². The monoisotopic (exact) mass is 336 g/mol. The van der Waals surface area contributed by atoms with Crippen molar-refractivity contribution in [2.45, 2.75) is 19.3 Å². The summed E-state index contributed by atoms with van der Waals surface area (Å²) in [6, 6.07) is 15.5. The summed E-state index contributed by atoms with van der Waals surface area (Å²) in [5.74, 6) is -0.376. The van der Waals surface area contributed by atoms with Crippen LogP contribution in [0, 0.1) is 22.7 Å². The first-order valence-corrected chi connectivity index (χ1v) is 7.60. The van der Waals surface area contributed by atoms with Gasteiger partial charge in [0.15, 0.2) is 0 Å². The Morgan fingerprint density at radius 3 is 2.00 bits per heavy atom. The quantitative estimate of drug-likeness (QED) is 0.757. The van der Waals surface area contributed by atoms with Crippen molar-refractivity contribution < 1.29 is 9.59 Å². The highest BCUT2D eigenvalue weighted by atomic mass is 35.5. The molecule has 0 heterocycles. The zero-order chi connectivity index (χ0) is 17.5. The largest absolute Gasteiger partial charge is 0.299 e. The third-order valence-electron chi connectivity index (χ3n) is 3.43. The fraction of sp³-hybridized carbons (Fsp3) is 0.158. The van der Waals surface area contributed by atoms with E-state index < -0.39 is 0 Å². The van der Waals surface area contributed by atoms with Crippen molar-refractivity contribution in [1.82, 2.24) is 0 Å². The topological polar surface area (TPSA) is 81.7 Å². The van der Waals surface area contributed by atoms with Crippen LogP contribution in [0.3, 0.4) is 0 Å². The van der Waals surface area contributed by atoms with Crippen LogP contribution in [0.5, 0.6) is 0 Å². The first-order chi connectivity index (χ1) is 11.5. The second-order valence-electron chi connectivity index (χ2n) is 5.34. The second-order valence-corrected chi connectivity index (χ2v) is 5.75. The molecule has 0 aromatic heterocycles. The molecule has 0 radical (unpaired) electrons. The van der Waals surface area contributed by atoms with Crippen LogP contribution in [0.4, 0.5) is 0 Å². The lowest BCUT2D eigenvalue weighted by Crippen LogP contribution is -2.12. The smallest absolute Gasteiger partial charge is 0.144 e. The maximum Gasteiger partial charge on any atom is 0.144 e. The van der Waals surface area contributed by atoms with Crippen LogP contribution < -0.4 is 0 Å². The van der Waals surface area contributed by atoms with Gasteiger partial charge in [0.25, 0.3) is 0 Å². The fourth-order valence-electron chi connectivity index (χ4n) is 2.26. The Kier molecular flexibility index (Phi) is 5.84. The van der Waals surface area contributed by atoms with Gasteiger partial charge in [0.05, 0.1) is 28.6 Å². The molecule has 0 aliphatic carbocycles. The van der Waals surface area contributed by atoms with Crippen LogP contribution in [0.1, 0.15) is 28.7 Å². The average molecular weight is 337 g/mol. The minimum atomic E-state index is -0.200. The van der Waals surface area contributed by atoms with E-state index in [9.17, 15) is 9.59 Å². The first kappa shape index (κ1) is 17.4. The van der Waals surface area contributed by atoms with Crippen molar-refractivity contribution >= 4 is 23.2 Å². The van der Waals surface area contributed by atoms with Crippen LogP contribution in [0.2, 0.25) is 5.02 Å². The lowest BCUT2D eigenvalue weighted by Gasteiger charge is -2.04. The Balaban J connectivity index is 1.91. The Bertz CT molecular complexity index is 858. The van der Waals surface area contributed by atoms with Gasteiger partial charge in [-0.2, -0.15) is 10.5 Å². The highest BCUT2D eigenvalue weighted by Crippen LogP contribution is 2.18. The zero-order valence-corrected chi connectivity index (χ0v) is 13.5. The molecule has 0 N–H and O–H groups in total. The van der Waals surface area contributed by atoms with Crippen molar-refractivity contribution in [3.63, 3.8) is 0 Å². The van der Waals surface area contributed by atoms with Crippen LogP contribution in [0.15, 0.2) is 42.5 Å². The van der Waals surface area contributed by atoms with Gasteiger partial charge in [-0.25, -0.2) is 0 Å². The second kappa shape index (κ2) is 8.06. The SMILES string of the molecule is N#Cc1ccc(CC(=O)CC(=O)Cc2ccc(C#N)c(Cl)c2)cc1. The molecule has 0 saturated heterocycles. The molecule has 0 atom stereocenters. The summed E-state index contributed by atoms with van der Waals surface area (Å²) >= 11 is 5.93. The van der Waals surface area contributed by atoms with Gasteiger partial charge in [-0.1, -0.05) is 29.8 Å². The number of benzene rings is 2. The van der Waals surface area contributed by atoms with Crippen molar-refractivity contribution in [3.05, 3.63) is 69.7 Å². The number of hydrogen-bond acceptors (Lipinski definition) is 4. The summed E-state index contributed by atoms with van der Waals surface area (Å²) < 4.78 is 0. The molecule has 0 aliphatic heterocycles. The molecule has 0 fully saturated rings. The molecule has 118 valence electrons. The van der Waals surface area contributed by atoms with E-state index in [-0.39, 0.29) is 30.8 Å². The summed E-state index contributed by atoms with van der Waals surface area (Å²) in [6.45, 7) is 0. The zero-order valence-electron chi connectivity index (χ0n) is 12.8. The maximum absolute atomic E-state index is 12.0. The maximum atomic E-state index is 12.0. The minimum absolute atomic E-state index is 0.102. The van der Waals surface area contributed by atoms with Crippen molar-refractivity contribution in [2.24, 2.45) is 0 Å². The number of carbonyl (C=O) groups is 2. The van der Waals surface area contributed by atoms with E-state index >= 15 is 0 Å². The highest BCUT2D eigenvalue weighted by molar-refractivity contribution is 6.31. The molecule has 2 rings (SSSR count). The van der Waals surface area contributed by atoms with E-state index in [0.29, 0.717) is 21.7 Å². The Hall–Kier alpha value is -2.95. The number of Topliss-reactive ketones (excluding diaryl/α,β-unsaturated/α-hetero) is 2. The minimum Gasteiger partial charge on any atom is -0.299 e. The van der Waals surface area contributed by atoms with Gasteiger partial charge in [-0.15, -0.1) is 0 Å². The summed E-state index contributed by atoms with van der Waals surface area (Å²) in [5, 5.41) is 17.9. The molecule has 0 unspecified atom stereocenters. The molecule has 2 aromatic rings. The fourth-order valence-corrected chi connectivity index (χ4v) is 2.50. The van der Waals surface area contributed by atoms with Crippen LogP contribution in [0.25, 0.3) is 0 Å². The first-order valence-electron chi connectivity index (χ1n) is 7.23. The van der Waals surface area contributed by atoms with Gasteiger partial charge >= 0.3 is 0 Å². The predicted molar refractivity (Wildman–Crippen MR) is 89.4 cm³/mol. The van der Waals surface area contributed by atoms with E-state index in [1.165, 1.54) is 0 Å². The number of nitriles is 2. The van der Waals surface area contributed by atoms with Crippen LogP contribution >= 0.6 is 11.6 Å². The molecule has 5 heteroatoms. The highest BCUT2D eigenvalue weighted by Gasteiger charge is 2.12. The number of ketones is 2. The van der Waals surface area contributed by atoms with Gasteiger partial charge in [0, 0.05) is 12.8 Å². The van der Waals surface area contributed by atoms with E-state index in [1.807, 2.05) is 12.1 Å². The molecule has 0 aliphatic rings. The third-order valence-corrected chi connectivity index (χ3v) is 3.75. The molecule has 4 nitrogen and oxygen atoms in total. The lowest BCUT2D eigenvalue weighted by molar-refractivity contribution is -0.126. The summed E-state index contributed by atoms with van der Waals surface area (Å²) in [4.78, 5) is 24.0. The van der Waals surface area contributed by atoms with Gasteiger partial charge in [-0.3, -0.25) is 9.59 Å². The summed E-state index contributed by atoms with van der Waals surface area (Å²) in [6.07, 6.45) is 0.105. The molecular formula is C19H13ClN2O2. The Morgan fingerprint density at radius 1 is 0.875 bits per heavy atom. The van der Waals surface area contributed by atoms with Gasteiger partial charge in [-0.05, 0) is 35.4 Å². The van der Waals surface area contributed by atoms with Crippen molar-refractivity contribution in [1.29, 1.82) is 10.5 Å². The van der Waals surface area contributed by atoms with Crippen molar-refractivity contribution in [3.8, 4) is 12.1 Å². The third kappa shape index (κ3) is 4.78. The molecule has 0 bridgehead atoms. The average Bonchev–Trinajstić information content (AvgIpc) is 2.55. The molecule has 0 saturated carbocycles. The summed E-state index contributed by atoms with van der Waals surface area (Å²) in [7, 11) is 0. The van der Waals surface area contributed by atoms with E-state index in [0.717, 1.165) is 5.56 Å². The van der Waals surface area contributed by atoms with Crippen LogP contribution in [-0.2, 0) is 22.4 Å². The molecule has 0 amide bonds. The van der Waals surface area contributed by atoms with E-state index in [2.05, 4.69) is 0 Å². The van der Waals surface area contributed by atoms with E-state index in [1.54, 1.807) is 42.5 Å². The normalized spacial score (nSPS) is 9.79. The number of rotatable bonds is 6. The number of hydrogen-bond donors (Lipinski definition) is 0. The predicted octanol–water partition coefficient (Wildman–Crippen LogP) is 3.40. The summed E-state index contributed by atoms with van der Waals surface area (Å²) in [5.41, 5.74) is 2.33. The number of carbonyl (C=O) groups excluding carboxylic acids is 2. The molecule has 2 aromatic carbocycles. The molecule has 24 heavy (non-hydrogen) atoms. The molecular weight excluding hydrogens is 324 g/mol. The number of nitrogens with zero attached hydrogens (tertiary/aromatic N) is 2. The van der Waals surface area contributed by atoms with Crippen molar-refractivity contribution in [2.75, 3.05) is 0 Å².